The fraction of sp³-hybridized carbons (Fsp3) is 0.571. The minimum Gasteiger partial charge on any atom is -0.478 e. The second kappa shape index (κ2) is 10.7. The first-order valence-electron chi connectivity index (χ1n) is 12.1. The number of carbonyl (C=O) groups excluding carboxylic acids is 2. The molecule has 5 N–H and O–H groups in total. The fourth-order valence-corrected chi connectivity index (χ4v) is 5.88. The van der Waals surface area contributed by atoms with Gasteiger partial charge in [-0.15, -0.1) is 11.3 Å². The molecule has 4 rings (SSSR count). The van der Waals surface area contributed by atoms with E-state index >= 15 is 0 Å². The zero-order valence-electron chi connectivity index (χ0n) is 21.9. The van der Waals surface area contributed by atoms with Gasteiger partial charge in [-0.25, -0.2) is 14.1 Å². The summed E-state index contributed by atoms with van der Waals surface area (Å²) in [5.41, 5.74) is 3.95. The number of oxime groups is 1. The summed E-state index contributed by atoms with van der Waals surface area (Å²) < 4.78 is 34.6. The first-order chi connectivity index (χ1) is 18.6. The number of anilines is 1. The molecule has 19 heteroatoms. The molecule has 2 aromatic rings. The number of rotatable bonds is 11. The number of carboxylic acid groups (broad SMARTS) is 1. The maximum atomic E-state index is 13.2. The summed E-state index contributed by atoms with van der Waals surface area (Å²) in [5, 5.41) is 25.3. The number of hydrogen-bond acceptors (Lipinski definition) is 12. The first-order valence-corrected chi connectivity index (χ1v) is 14.4. The average molecular weight is 601 g/mol. The Kier molecular flexibility index (Phi) is 7.85. The number of quaternary nitrogens is 1. The number of hydrogen-bond donors (Lipinski definition) is 4. The molecule has 2 atom stereocenters. The highest BCUT2D eigenvalue weighted by Gasteiger charge is 2.54. The van der Waals surface area contributed by atoms with E-state index in [1.165, 1.54) is 24.0 Å². The number of carboxylic acids is 1. The third kappa shape index (κ3) is 6.21. The monoisotopic (exact) mass is 600 g/mol. The SMILES string of the molecule is CC(C)(O/N=C(\C(=O)N[C@@H]1C(=O)N(S(=O)(=O)O)C1Cn1ncc(C[N+]2(C)CCCC2)n1)c1csc(N)n1)C(=O)O. The van der Waals surface area contributed by atoms with E-state index in [4.69, 9.17) is 10.6 Å². The number of amides is 2. The third-order valence-electron chi connectivity index (χ3n) is 6.69. The number of carbonyl (C=O) groups is 3. The Morgan fingerprint density at radius 2 is 2.02 bits per heavy atom. The van der Waals surface area contributed by atoms with Gasteiger partial charge in [0, 0.05) is 18.2 Å². The van der Waals surface area contributed by atoms with Gasteiger partial charge >= 0.3 is 16.3 Å². The highest BCUT2D eigenvalue weighted by atomic mass is 32.2. The van der Waals surface area contributed by atoms with Crippen molar-refractivity contribution in [3.63, 3.8) is 0 Å². The van der Waals surface area contributed by atoms with Crippen molar-refractivity contribution >= 4 is 50.3 Å². The Balaban J connectivity index is 1.55. The second-order valence-electron chi connectivity index (χ2n) is 10.4. The Hall–Kier alpha value is -3.68. The molecule has 4 heterocycles. The molecule has 218 valence electrons. The zero-order valence-corrected chi connectivity index (χ0v) is 23.6. The van der Waals surface area contributed by atoms with Crippen LogP contribution in [-0.4, -0.2) is 108 Å². The van der Waals surface area contributed by atoms with Crippen LogP contribution < -0.4 is 11.1 Å². The highest BCUT2D eigenvalue weighted by Crippen LogP contribution is 2.26. The number of nitrogen functional groups attached to an aromatic ring is 1. The number of thiazole rings is 1. The molecule has 0 aromatic carbocycles. The van der Waals surface area contributed by atoms with Crippen molar-refractivity contribution in [2.24, 2.45) is 5.16 Å². The van der Waals surface area contributed by atoms with E-state index in [1.54, 1.807) is 6.20 Å². The lowest BCUT2D eigenvalue weighted by Gasteiger charge is -2.43. The lowest BCUT2D eigenvalue weighted by molar-refractivity contribution is -0.911. The van der Waals surface area contributed by atoms with Crippen molar-refractivity contribution < 1.29 is 41.8 Å². The van der Waals surface area contributed by atoms with Crippen LogP contribution in [0.3, 0.4) is 0 Å². The number of nitrogens with two attached hydrogens (primary N) is 1. The molecule has 0 radical (unpaired) electrons. The molecular weight excluding hydrogens is 570 g/mol. The van der Waals surface area contributed by atoms with Crippen LogP contribution in [-0.2, 0) is 42.6 Å². The maximum absolute atomic E-state index is 13.2. The van der Waals surface area contributed by atoms with Gasteiger partial charge in [-0.3, -0.25) is 14.1 Å². The molecule has 2 saturated heterocycles. The minimum atomic E-state index is -4.97. The Bertz CT molecular complexity index is 1450. The van der Waals surface area contributed by atoms with Gasteiger partial charge in [0.15, 0.2) is 10.8 Å². The molecule has 0 aliphatic carbocycles. The van der Waals surface area contributed by atoms with E-state index in [0.717, 1.165) is 41.8 Å². The van der Waals surface area contributed by atoms with Gasteiger partial charge in [0.25, 0.3) is 11.8 Å². The molecule has 0 spiro atoms. The van der Waals surface area contributed by atoms with Gasteiger partial charge in [-0.1, -0.05) is 5.16 Å². The molecule has 17 nitrogen and oxygen atoms in total. The van der Waals surface area contributed by atoms with Crippen molar-refractivity contribution in [3.8, 4) is 0 Å². The molecular formula is C21H30N9O8S2+. The summed E-state index contributed by atoms with van der Waals surface area (Å²) >= 11 is 0.973. The summed E-state index contributed by atoms with van der Waals surface area (Å²) in [6.07, 6.45) is 3.76. The summed E-state index contributed by atoms with van der Waals surface area (Å²) in [5.74, 6) is -3.49. The van der Waals surface area contributed by atoms with Gasteiger partial charge in [-0.05, 0) is 13.8 Å². The third-order valence-corrected chi connectivity index (χ3v) is 8.31. The number of β-lactam (4-membered cyclic amide) rings is 1. The standard InChI is InChI=1S/C21H29N9O8S2/c1-21(2,19(33)34)38-27-15(13-11-39-20(22)24-13)17(31)25-16-14(29(18(16)32)40(35,36)37)9-28-23-8-12(26-28)10-30(3)6-4-5-7-30/h8,11,14,16H,4-7,9-10H2,1-3H3,(H4-,22,24,25,31,33,34,35,36,37)/p+1/b27-15-/t14?,16-/m0/s1. The maximum Gasteiger partial charge on any atom is 0.362 e. The van der Waals surface area contributed by atoms with E-state index in [9.17, 15) is 32.5 Å². The van der Waals surface area contributed by atoms with Crippen LogP contribution in [0.1, 0.15) is 38.1 Å². The lowest BCUT2D eigenvalue weighted by Crippen LogP contribution is -2.73. The molecule has 0 bridgehead atoms. The van der Waals surface area contributed by atoms with E-state index in [1.807, 2.05) is 0 Å². The predicted molar refractivity (Wildman–Crippen MR) is 139 cm³/mol. The fourth-order valence-electron chi connectivity index (χ4n) is 4.46. The van der Waals surface area contributed by atoms with Crippen molar-refractivity contribution in [1.29, 1.82) is 0 Å². The van der Waals surface area contributed by atoms with Gasteiger partial charge < -0.3 is 25.5 Å². The van der Waals surface area contributed by atoms with Crippen LogP contribution in [0.15, 0.2) is 16.7 Å². The number of aliphatic carboxylic acids is 1. The summed E-state index contributed by atoms with van der Waals surface area (Å²) in [4.78, 5) is 47.6. The van der Waals surface area contributed by atoms with E-state index in [0.29, 0.717) is 12.2 Å². The largest absolute Gasteiger partial charge is 0.478 e. The number of nitrogens with zero attached hydrogens (tertiary/aromatic N) is 7. The Morgan fingerprint density at radius 3 is 2.60 bits per heavy atom. The average Bonchev–Trinajstić information content (AvgIpc) is 3.58. The summed E-state index contributed by atoms with van der Waals surface area (Å²) in [6, 6.07) is -2.71. The highest BCUT2D eigenvalue weighted by molar-refractivity contribution is 7.84. The van der Waals surface area contributed by atoms with Crippen molar-refractivity contribution in [1.82, 2.24) is 29.6 Å². The van der Waals surface area contributed by atoms with Gasteiger partial charge in [0.1, 0.15) is 30.0 Å². The topological polar surface area (TPSA) is 232 Å². The van der Waals surface area contributed by atoms with E-state index in [2.05, 4.69) is 32.7 Å². The van der Waals surface area contributed by atoms with Crippen LogP contribution in [0.2, 0.25) is 0 Å². The number of likely N-dealkylation sites (tertiary alicyclic amines) is 1. The normalized spacial score (nSPS) is 21.2. The summed E-state index contributed by atoms with van der Waals surface area (Å²) in [7, 11) is -2.86. The molecule has 2 amide bonds. The van der Waals surface area contributed by atoms with Crippen LogP contribution in [0.5, 0.6) is 0 Å². The molecule has 40 heavy (non-hydrogen) atoms. The molecule has 0 saturated carbocycles. The Labute approximate surface area is 233 Å². The van der Waals surface area contributed by atoms with Crippen LogP contribution in [0.25, 0.3) is 0 Å². The van der Waals surface area contributed by atoms with Crippen LogP contribution >= 0.6 is 11.3 Å². The second-order valence-corrected chi connectivity index (χ2v) is 12.5. The smallest absolute Gasteiger partial charge is 0.362 e. The summed E-state index contributed by atoms with van der Waals surface area (Å²) in [6.45, 7) is 4.76. The van der Waals surface area contributed by atoms with Crippen molar-refractivity contribution in [2.75, 3.05) is 25.9 Å². The molecule has 2 aromatic heterocycles. The van der Waals surface area contributed by atoms with Gasteiger partial charge in [0.2, 0.25) is 5.60 Å². The zero-order chi connectivity index (χ0) is 29.5. The molecule has 2 aliphatic heterocycles. The van der Waals surface area contributed by atoms with Gasteiger partial charge in [-0.2, -0.15) is 23.4 Å². The molecule has 2 fully saturated rings. The van der Waals surface area contributed by atoms with E-state index in [-0.39, 0.29) is 21.7 Å². The Morgan fingerprint density at radius 1 is 1.35 bits per heavy atom. The molecule has 2 aliphatic rings. The molecule has 1 unspecified atom stereocenters. The van der Waals surface area contributed by atoms with E-state index < -0.39 is 51.5 Å². The van der Waals surface area contributed by atoms with Crippen molar-refractivity contribution in [3.05, 3.63) is 23.0 Å². The minimum absolute atomic E-state index is 0.0620. The van der Waals surface area contributed by atoms with Crippen LogP contribution in [0.4, 0.5) is 5.13 Å². The number of nitrogens with one attached hydrogen (secondary N) is 1. The van der Waals surface area contributed by atoms with Gasteiger partial charge in [0.05, 0.1) is 32.9 Å². The first kappa shape index (κ1) is 29.3. The number of aromatic nitrogens is 4. The lowest BCUT2D eigenvalue weighted by atomic mass is 9.98. The quantitative estimate of drug-likeness (QED) is 0.0786. The van der Waals surface area contributed by atoms with Crippen LogP contribution in [0, 0.1) is 0 Å². The van der Waals surface area contributed by atoms with Crippen molar-refractivity contribution in [2.45, 2.75) is 57.5 Å². The predicted octanol–water partition coefficient (Wildman–Crippen LogP) is -1.16.